The predicted molar refractivity (Wildman–Crippen MR) is 112 cm³/mol. The minimum atomic E-state index is -0.653. The molecule has 0 aliphatic heterocycles. The first-order valence-electron chi connectivity index (χ1n) is 9.33. The van der Waals surface area contributed by atoms with E-state index in [1.807, 2.05) is 31.2 Å². The van der Waals surface area contributed by atoms with Gasteiger partial charge >= 0.3 is 6.09 Å². The Morgan fingerprint density at radius 1 is 0.966 bits per heavy atom. The van der Waals surface area contributed by atoms with E-state index in [0.717, 1.165) is 11.1 Å². The van der Waals surface area contributed by atoms with Gasteiger partial charge in [-0.25, -0.2) is 4.79 Å². The third-order valence-corrected chi connectivity index (χ3v) is 3.74. The first-order valence-corrected chi connectivity index (χ1v) is 9.33. The summed E-state index contributed by atoms with van der Waals surface area (Å²) in [6.45, 7) is 7.29. The molecule has 0 aromatic heterocycles. The molecule has 0 atom stereocenters. The van der Waals surface area contributed by atoms with Crippen molar-refractivity contribution in [1.82, 2.24) is 10.6 Å². The van der Waals surface area contributed by atoms with Crippen molar-refractivity contribution < 1.29 is 19.1 Å². The Morgan fingerprint density at radius 3 is 2.38 bits per heavy atom. The molecular weight excluding hydrogens is 370 g/mol. The Labute approximate surface area is 170 Å². The van der Waals surface area contributed by atoms with Crippen LogP contribution in [0.3, 0.4) is 0 Å². The minimum Gasteiger partial charge on any atom is -0.444 e. The number of anilines is 1. The van der Waals surface area contributed by atoms with E-state index in [0.29, 0.717) is 17.8 Å². The maximum Gasteiger partial charge on any atom is 0.408 e. The lowest BCUT2D eigenvalue weighted by Gasteiger charge is -2.19. The second-order valence-electron chi connectivity index (χ2n) is 7.66. The molecule has 0 unspecified atom stereocenters. The zero-order valence-electron chi connectivity index (χ0n) is 17.2. The molecule has 154 valence electrons. The van der Waals surface area contributed by atoms with Crippen LogP contribution in [0, 0.1) is 6.92 Å². The van der Waals surface area contributed by atoms with Crippen molar-refractivity contribution in [3.05, 3.63) is 65.2 Å². The lowest BCUT2D eigenvalue weighted by atomic mass is 10.1. The van der Waals surface area contributed by atoms with E-state index in [1.54, 1.807) is 45.0 Å². The highest BCUT2D eigenvalue weighted by Crippen LogP contribution is 2.11. The molecule has 3 amide bonds. The van der Waals surface area contributed by atoms with Gasteiger partial charge in [-0.15, -0.1) is 0 Å². The fourth-order valence-electron chi connectivity index (χ4n) is 2.50. The van der Waals surface area contributed by atoms with Gasteiger partial charge in [0.2, 0.25) is 5.91 Å². The molecular formula is C22H27N3O4. The van der Waals surface area contributed by atoms with Gasteiger partial charge in [0.15, 0.2) is 0 Å². The third-order valence-electron chi connectivity index (χ3n) is 3.74. The van der Waals surface area contributed by atoms with Crippen LogP contribution < -0.4 is 16.0 Å². The van der Waals surface area contributed by atoms with Gasteiger partial charge in [-0.05, 0) is 57.5 Å². The zero-order chi connectivity index (χ0) is 21.4. The van der Waals surface area contributed by atoms with E-state index in [-0.39, 0.29) is 18.4 Å². The highest BCUT2D eigenvalue weighted by Gasteiger charge is 2.16. The van der Waals surface area contributed by atoms with Gasteiger partial charge in [-0.3, -0.25) is 9.59 Å². The Bertz CT molecular complexity index is 888. The van der Waals surface area contributed by atoms with Crippen LogP contribution in [0.15, 0.2) is 48.5 Å². The molecule has 7 heteroatoms. The standard InChI is InChI=1S/C22H27N3O4/c1-15-7-5-9-17(11-15)20(27)23-13-16-8-6-10-18(12-16)25-19(26)14-24-21(28)29-22(2,3)4/h5-12H,13-14H2,1-4H3,(H,23,27)(H,24,28)(H,25,26). The summed E-state index contributed by atoms with van der Waals surface area (Å²) in [4.78, 5) is 35.9. The lowest BCUT2D eigenvalue weighted by Crippen LogP contribution is -2.37. The van der Waals surface area contributed by atoms with Crippen molar-refractivity contribution in [2.75, 3.05) is 11.9 Å². The lowest BCUT2D eigenvalue weighted by molar-refractivity contribution is -0.115. The van der Waals surface area contributed by atoms with Crippen LogP contribution in [0.1, 0.15) is 42.3 Å². The van der Waals surface area contributed by atoms with Gasteiger partial charge < -0.3 is 20.7 Å². The molecule has 0 bridgehead atoms. The smallest absolute Gasteiger partial charge is 0.408 e. The van der Waals surface area contributed by atoms with Gasteiger partial charge in [-0.1, -0.05) is 29.8 Å². The van der Waals surface area contributed by atoms with E-state index in [1.165, 1.54) is 0 Å². The maximum absolute atomic E-state index is 12.2. The number of nitrogens with one attached hydrogen (secondary N) is 3. The molecule has 0 saturated heterocycles. The molecule has 0 saturated carbocycles. The zero-order valence-corrected chi connectivity index (χ0v) is 17.2. The van der Waals surface area contributed by atoms with Gasteiger partial charge in [-0.2, -0.15) is 0 Å². The molecule has 3 N–H and O–H groups in total. The van der Waals surface area contributed by atoms with Crippen molar-refractivity contribution in [3.8, 4) is 0 Å². The second-order valence-corrected chi connectivity index (χ2v) is 7.66. The molecule has 0 fully saturated rings. The number of alkyl carbamates (subject to hydrolysis) is 1. The van der Waals surface area contributed by atoms with Crippen molar-refractivity contribution in [3.63, 3.8) is 0 Å². The van der Waals surface area contributed by atoms with E-state index in [2.05, 4.69) is 16.0 Å². The highest BCUT2D eigenvalue weighted by atomic mass is 16.6. The summed E-state index contributed by atoms with van der Waals surface area (Å²) < 4.78 is 5.09. The van der Waals surface area contributed by atoms with Crippen molar-refractivity contribution in [2.24, 2.45) is 0 Å². The molecule has 0 aliphatic carbocycles. The second kappa shape index (κ2) is 9.73. The summed E-state index contributed by atoms with van der Waals surface area (Å²) in [5, 5.41) is 7.97. The number of amides is 3. The molecule has 0 spiro atoms. The number of carbonyl (C=O) groups excluding carboxylic acids is 3. The van der Waals surface area contributed by atoms with E-state index >= 15 is 0 Å². The molecule has 2 aromatic carbocycles. The number of benzene rings is 2. The number of carbonyl (C=O) groups is 3. The van der Waals surface area contributed by atoms with Crippen LogP contribution in [0.5, 0.6) is 0 Å². The number of rotatable bonds is 6. The van der Waals surface area contributed by atoms with E-state index < -0.39 is 11.7 Å². The SMILES string of the molecule is Cc1cccc(C(=O)NCc2cccc(NC(=O)CNC(=O)OC(C)(C)C)c2)c1. The van der Waals surface area contributed by atoms with Gasteiger partial charge in [0.05, 0.1) is 0 Å². The summed E-state index contributed by atoms with van der Waals surface area (Å²) in [5.41, 5.74) is 2.40. The molecule has 0 aliphatic rings. The normalized spacial score (nSPS) is 10.8. The topological polar surface area (TPSA) is 96.5 Å². The largest absolute Gasteiger partial charge is 0.444 e. The summed E-state index contributed by atoms with van der Waals surface area (Å²) in [5.74, 6) is -0.540. The van der Waals surface area contributed by atoms with E-state index in [9.17, 15) is 14.4 Å². The van der Waals surface area contributed by atoms with Crippen molar-refractivity contribution >= 4 is 23.6 Å². The van der Waals surface area contributed by atoms with Crippen LogP contribution in [0.25, 0.3) is 0 Å². The summed E-state index contributed by atoms with van der Waals surface area (Å²) >= 11 is 0. The fourth-order valence-corrected chi connectivity index (χ4v) is 2.50. The summed E-state index contributed by atoms with van der Waals surface area (Å²) in [6.07, 6.45) is -0.653. The number of hydrogen-bond donors (Lipinski definition) is 3. The first kappa shape index (κ1) is 21.9. The first-order chi connectivity index (χ1) is 13.6. The van der Waals surface area contributed by atoms with Crippen LogP contribution in [0.2, 0.25) is 0 Å². The molecule has 2 rings (SSSR count). The predicted octanol–water partition coefficient (Wildman–Crippen LogP) is 3.39. The van der Waals surface area contributed by atoms with Crippen molar-refractivity contribution in [1.29, 1.82) is 0 Å². The van der Waals surface area contributed by atoms with Crippen LogP contribution in [-0.2, 0) is 16.1 Å². The Kier molecular flexibility index (Phi) is 7.36. The quantitative estimate of drug-likeness (QED) is 0.696. The number of hydrogen-bond acceptors (Lipinski definition) is 4. The van der Waals surface area contributed by atoms with Gasteiger partial charge in [0.25, 0.3) is 5.91 Å². The van der Waals surface area contributed by atoms with E-state index in [4.69, 9.17) is 4.74 Å². The highest BCUT2D eigenvalue weighted by molar-refractivity contribution is 5.95. The minimum absolute atomic E-state index is 0.162. The average molecular weight is 397 g/mol. The van der Waals surface area contributed by atoms with Gasteiger partial charge in [0.1, 0.15) is 12.1 Å². The Balaban J connectivity index is 1.85. The van der Waals surface area contributed by atoms with Crippen LogP contribution >= 0.6 is 0 Å². The Morgan fingerprint density at radius 2 is 1.69 bits per heavy atom. The molecule has 0 heterocycles. The van der Waals surface area contributed by atoms with Crippen molar-refractivity contribution in [2.45, 2.75) is 39.8 Å². The maximum atomic E-state index is 12.2. The van der Waals surface area contributed by atoms with Gasteiger partial charge in [0, 0.05) is 17.8 Å². The third kappa shape index (κ3) is 8.04. The molecule has 0 radical (unpaired) electrons. The fraction of sp³-hybridized carbons (Fsp3) is 0.318. The number of ether oxygens (including phenoxy) is 1. The molecule has 29 heavy (non-hydrogen) atoms. The Hall–Kier alpha value is -3.35. The molecule has 2 aromatic rings. The number of aryl methyl sites for hydroxylation is 1. The summed E-state index contributed by atoms with van der Waals surface area (Å²) in [7, 11) is 0. The average Bonchev–Trinajstić information content (AvgIpc) is 2.63. The van der Waals surface area contributed by atoms with Crippen LogP contribution in [0.4, 0.5) is 10.5 Å². The summed E-state index contributed by atoms with van der Waals surface area (Å²) in [6, 6.07) is 14.5. The van der Waals surface area contributed by atoms with Crippen LogP contribution in [-0.4, -0.2) is 30.1 Å². The monoisotopic (exact) mass is 397 g/mol. The molecule has 7 nitrogen and oxygen atoms in total.